The SMILES string of the molecule is CCCCc1ccc(NC(=O)C2CCN(CC(=O)Nc3ccc(F)cc3)CC2)cc1. The second-order valence-corrected chi connectivity index (χ2v) is 7.90. The third-order valence-corrected chi connectivity index (χ3v) is 5.49. The number of nitrogens with zero attached hydrogens (tertiary/aromatic N) is 1. The highest BCUT2D eigenvalue weighted by Crippen LogP contribution is 2.20. The van der Waals surface area contributed by atoms with E-state index in [0.29, 0.717) is 18.8 Å². The molecule has 30 heavy (non-hydrogen) atoms. The van der Waals surface area contributed by atoms with Crippen LogP contribution >= 0.6 is 0 Å². The van der Waals surface area contributed by atoms with E-state index < -0.39 is 0 Å². The number of benzene rings is 2. The average molecular weight is 412 g/mol. The molecule has 0 bridgehead atoms. The third-order valence-electron chi connectivity index (χ3n) is 5.49. The molecule has 2 aromatic carbocycles. The minimum atomic E-state index is -0.333. The van der Waals surface area contributed by atoms with E-state index in [2.05, 4.69) is 29.7 Å². The van der Waals surface area contributed by atoms with E-state index in [1.165, 1.54) is 30.5 Å². The molecule has 3 rings (SSSR count). The summed E-state index contributed by atoms with van der Waals surface area (Å²) in [6, 6.07) is 13.8. The minimum Gasteiger partial charge on any atom is -0.326 e. The molecule has 0 radical (unpaired) electrons. The highest BCUT2D eigenvalue weighted by Gasteiger charge is 2.26. The number of hydrogen-bond donors (Lipinski definition) is 2. The van der Waals surface area contributed by atoms with Gasteiger partial charge in [0.25, 0.3) is 0 Å². The van der Waals surface area contributed by atoms with Gasteiger partial charge in [0.1, 0.15) is 5.82 Å². The Bertz CT molecular complexity index is 829. The largest absolute Gasteiger partial charge is 0.326 e. The van der Waals surface area contributed by atoms with Crippen molar-refractivity contribution in [1.82, 2.24) is 4.90 Å². The number of halogens is 1. The number of amides is 2. The molecular weight excluding hydrogens is 381 g/mol. The molecule has 1 aliphatic rings. The lowest BCUT2D eigenvalue weighted by atomic mass is 9.95. The molecule has 1 fully saturated rings. The lowest BCUT2D eigenvalue weighted by Crippen LogP contribution is -2.41. The van der Waals surface area contributed by atoms with Gasteiger partial charge in [-0.25, -0.2) is 4.39 Å². The van der Waals surface area contributed by atoms with Gasteiger partial charge >= 0.3 is 0 Å². The van der Waals surface area contributed by atoms with Gasteiger partial charge in [-0.1, -0.05) is 25.5 Å². The van der Waals surface area contributed by atoms with Gasteiger partial charge in [-0.05, 0) is 80.7 Å². The van der Waals surface area contributed by atoms with Crippen molar-refractivity contribution in [2.45, 2.75) is 39.0 Å². The summed E-state index contributed by atoms with van der Waals surface area (Å²) in [5.41, 5.74) is 2.71. The first-order valence-electron chi connectivity index (χ1n) is 10.7. The Morgan fingerprint density at radius 2 is 1.57 bits per heavy atom. The smallest absolute Gasteiger partial charge is 0.238 e. The number of nitrogens with one attached hydrogen (secondary N) is 2. The van der Waals surface area contributed by atoms with E-state index in [1.54, 1.807) is 12.1 Å². The standard InChI is InChI=1S/C24H30FN3O2/c1-2-3-4-18-5-9-22(10-6-18)27-24(30)19-13-15-28(16-14-19)17-23(29)26-21-11-7-20(25)8-12-21/h5-12,19H,2-4,13-17H2,1H3,(H,26,29)(H,27,30). The molecule has 2 N–H and O–H groups in total. The Labute approximate surface area is 177 Å². The zero-order valence-electron chi connectivity index (χ0n) is 17.5. The number of rotatable bonds is 8. The van der Waals surface area contributed by atoms with E-state index >= 15 is 0 Å². The van der Waals surface area contributed by atoms with Crippen molar-refractivity contribution < 1.29 is 14.0 Å². The predicted octanol–water partition coefficient (Wildman–Crippen LogP) is 4.46. The van der Waals surface area contributed by atoms with Crippen LogP contribution < -0.4 is 10.6 Å². The van der Waals surface area contributed by atoms with E-state index in [0.717, 1.165) is 24.9 Å². The van der Waals surface area contributed by atoms with Crippen molar-refractivity contribution in [3.63, 3.8) is 0 Å². The summed E-state index contributed by atoms with van der Waals surface area (Å²) in [6.45, 7) is 3.85. The van der Waals surface area contributed by atoms with Crippen molar-refractivity contribution in [2.24, 2.45) is 5.92 Å². The molecule has 6 heteroatoms. The Balaban J connectivity index is 1.40. The summed E-state index contributed by atoms with van der Waals surface area (Å²) >= 11 is 0. The second-order valence-electron chi connectivity index (χ2n) is 7.90. The zero-order chi connectivity index (χ0) is 21.3. The molecule has 2 amide bonds. The number of carbonyl (C=O) groups is 2. The maximum atomic E-state index is 12.9. The topological polar surface area (TPSA) is 61.4 Å². The quantitative estimate of drug-likeness (QED) is 0.674. The Morgan fingerprint density at radius 3 is 2.20 bits per heavy atom. The van der Waals surface area contributed by atoms with Gasteiger partial charge in [0.2, 0.25) is 11.8 Å². The Morgan fingerprint density at radius 1 is 0.967 bits per heavy atom. The first-order valence-corrected chi connectivity index (χ1v) is 10.7. The number of anilines is 2. The summed E-state index contributed by atoms with van der Waals surface area (Å²) in [6.07, 6.45) is 4.86. The van der Waals surface area contributed by atoms with Crippen LogP contribution in [0.15, 0.2) is 48.5 Å². The number of likely N-dealkylation sites (tertiary alicyclic amines) is 1. The van der Waals surface area contributed by atoms with Crippen LogP contribution in [0.5, 0.6) is 0 Å². The van der Waals surface area contributed by atoms with Gasteiger partial charge in [-0.3, -0.25) is 14.5 Å². The number of hydrogen-bond acceptors (Lipinski definition) is 3. The Hall–Kier alpha value is -2.73. The average Bonchev–Trinajstić information content (AvgIpc) is 2.75. The maximum absolute atomic E-state index is 12.9. The van der Waals surface area contributed by atoms with Crippen LogP contribution in [0.4, 0.5) is 15.8 Å². The fraction of sp³-hybridized carbons (Fsp3) is 0.417. The molecular formula is C24H30FN3O2. The van der Waals surface area contributed by atoms with Crippen LogP contribution in [-0.2, 0) is 16.0 Å². The lowest BCUT2D eigenvalue weighted by molar-refractivity contribution is -0.121. The van der Waals surface area contributed by atoms with Crippen molar-refractivity contribution >= 4 is 23.2 Å². The van der Waals surface area contributed by atoms with Crippen LogP contribution in [-0.4, -0.2) is 36.3 Å². The molecule has 0 saturated carbocycles. The molecule has 5 nitrogen and oxygen atoms in total. The summed E-state index contributed by atoms with van der Waals surface area (Å²) in [5.74, 6) is -0.457. The molecule has 2 aromatic rings. The molecule has 1 heterocycles. The van der Waals surface area contributed by atoms with E-state index in [9.17, 15) is 14.0 Å². The van der Waals surface area contributed by atoms with Crippen LogP contribution in [0.2, 0.25) is 0 Å². The van der Waals surface area contributed by atoms with Crippen LogP contribution in [0.1, 0.15) is 38.2 Å². The van der Waals surface area contributed by atoms with Gasteiger partial charge in [0.15, 0.2) is 0 Å². The monoisotopic (exact) mass is 411 g/mol. The number of aryl methyl sites for hydroxylation is 1. The summed E-state index contributed by atoms with van der Waals surface area (Å²) in [7, 11) is 0. The van der Waals surface area contributed by atoms with Gasteiger partial charge < -0.3 is 10.6 Å². The molecule has 0 aromatic heterocycles. The fourth-order valence-corrected chi connectivity index (χ4v) is 3.67. The van der Waals surface area contributed by atoms with Crippen molar-refractivity contribution in [3.05, 3.63) is 59.9 Å². The number of piperidine rings is 1. The second kappa shape index (κ2) is 10.9. The molecule has 0 atom stereocenters. The zero-order valence-corrected chi connectivity index (χ0v) is 17.5. The summed E-state index contributed by atoms with van der Waals surface area (Å²) < 4.78 is 12.9. The number of unbranched alkanes of at least 4 members (excludes halogenated alkanes) is 1. The van der Waals surface area contributed by atoms with E-state index in [1.807, 2.05) is 17.0 Å². The Kier molecular flexibility index (Phi) is 7.97. The molecule has 0 spiro atoms. The summed E-state index contributed by atoms with van der Waals surface area (Å²) in [5, 5.41) is 5.79. The first kappa shape index (κ1) is 22.0. The molecule has 1 saturated heterocycles. The fourth-order valence-electron chi connectivity index (χ4n) is 3.67. The van der Waals surface area contributed by atoms with Gasteiger partial charge in [-0.2, -0.15) is 0 Å². The van der Waals surface area contributed by atoms with Crippen LogP contribution in [0.3, 0.4) is 0 Å². The normalized spacial score (nSPS) is 15.0. The van der Waals surface area contributed by atoms with Gasteiger partial charge in [0.05, 0.1) is 6.54 Å². The van der Waals surface area contributed by atoms with Crippen molar-refractivity contribution in [1.29, 1.82) is 0 Å². The maximum Gasteiger partial charge on any atom is 0.238 e. The van der Waals surface area contributed by atoms with Gasteiger partial charge in [-0.15, -0.1) is 0 Å². The molecule has 0 aliphatic carbocycles. The molecule has 0 unspecified atom stereocenters. The highest BCUT2D eigenvalue weighted by atomic mass is 19.1. The number of carbonyl (C=O) groups excluding carboxylic acids is 2. The lowest BCUT2D eigenvalue weighted by Gasteiger charge is -2.30. The van der Waals surface area contributed by atoms with E-state index in [4.69, 9.17) is 0 Å². The van der Waals surface area contributed by atoms with Crippen LogP contribution in [0.25, 0.3) is 0 Å². The first-order chi connectivity index (χ1) is 14.5. The molecule has 160 valence electrons. The minimum absolute atomic E-state index is 0.0406. The predicted molar refractivity (Wildman–Crippen MR) is 118 cm³/mol. The van der Waals surface area contributed by atoms with Crippen molar-refractivity contribution in [3.8, 4) is 0 Å². The highest BCUT2D eigenvalue weighted by molar-refractivity contribution is 5.93. The van der Waals surface area contributed by atoms with E-state index in [-0.39, 0.29) is 30.1 Å². The van der Waals surface area contributed by atoms with Crippen molar-refractivity contribution in [2.75, 3.05) is 30.3 Å². The molecule has 1 aliphatic heterocycles. The third kappa shape index (κ3) is 6.66. The van der Waals surface area contributed by atoms with Crippen LogP contribution in [0, 0.1) is 11.7 Å². The summed E-state index contributed by atoms with van der Waals surface area (Å²) in [4.78, 5) is 26.8. The van der Waals surface area contributed by atoms with Gasteiger partial charge in [0, 0.05) is 17.3 Å².